The quantitative estimate of drug-likeness (QED) is 0.633. The van der Waals surface area contributed by atoms with Gasteiger partial charge in [-0.15, -0.1) is 0 Å². The van der Waals surface area contributed by atoms with E-state index in [0.29, 0.717) is 0 Å². The number of ether oxygens (including phenoxy) is 1. The molecule has 0 aliphatic carbocycles. The molecule has 0 aromatic heterocycles. The minimum absolute atomic E-state index is 0.251. The van der Waals surface area contributed by atoms with Crippen LogP contribution in [0.5, 0.6) is 0 Å². The first kappa shape index (κ1) is 9.44. The molecule has 4 atom stereocenters. The Labute approximate surface area is 78.7 Å². The molecular weight excluding hydrogens is 168 g/mol. The molecule has 0 saturated carbocycles. The molecule has 0 aromatic rings. The van der Waals surface area contributed by atoms with E-state index in [-0.39, 0.29) is 5.92 Å². The van der Waals surface area contributed by atoms with Crippen LogP contribution in [0.1, 0.15) is 33.6 Å². The lowest BCUT2D eigenvalue weighted by Crippen LogP contribution is -2.50. The third kappa shape index (κ3) is 0.953. The second kappa shape index (κ2) is 2.47. The average Bonchev–Trinajstić information content (AvgIpc) is 2.50. The lowest BCUT2D eigenvalue weighted by atomic mass is 9.73. The SMILES string of the molecule is CC(C)C12CCC(C)(O1)C(O)C2O. The molecule has 2 bridgehead atoms. The summed E-state index contributed by atoms with van der Waals surface area (Å²) in [5.74, 6) is 0.251. The topological polar surface area (TPSA) is 49.7 Å². The summed E-state index contributed by atoms with van der Waals surface area (Å²) in [7, 11) is 0. The lowest BCUT2D eigenvalue weighted by molar-refractivity contribution is -0.0974. The summed E-state index contributed by atoms with van der Waals surface area (Å²) < 4.78 is 5.83. The van der Waals surface area contributed by atoms with E-state index in [4.69, 9.17) is 4.74 Å². The number of rotatable bonds is 1. The molecule has 2 aliphatic heterocycles. The Bertz CT molecular complexity index is 228. The molecule has 0 amide bonds. The van der Waals surface area contributed by atoms with Crippen LogP contribution in [0.15, 0.2) is 0 Å². The van der Waals surface area contributed by atoms with Crippen LogP contribution in [0.2, 0.25) is 0 Å². The number of hydrogen-bond acceptors (Lipinski definition) is 3. The molecule has 2 saturated heterocycles. The number of aliphatic hydroxyl groups is 2. The van der Waals surface area contributed by atoms with E-state index in [9.17, 15) is 10.2 Å². The van der Waals surface area contributed by atoms with Gasteiger partial charge in [0.2, 0.25) is 0 Å². The number of hydrogen-bond donors (Lipinski definition) is 2. The van der Waals surface area contributed by atoms with Crippen LogP contribution < -0.4 is 0 Å². The molecule has 2 rings (SSSR count). The largest absolute Gasteiger partial charge is 0.387 e. The standard InChI is InChI=1S/C10H18O3/c1-6(2)10-5-4-9(3,13-10)7(11)8(10)12/h6-8,11-12H,4-5H2,1-3H3. The van der Waals surface area contributed by atoms with E-state index < -0.39 is 23.4 Å². The van der Waals surface area contributed by atoms with Gasteiger partial charge in [0, 0.05) is 0 Å². The Morgan fingerprint density at radius 1 is 1.23 bits per heavy atom. The third-order valence-corrected chi connectivity index (χ3v) is 3.84. The summed E-state index contributed by atoms with van der Waals surface area (Å²) in [6.45, 7) is 5.96. The van der Waals surface area contributed by atoms with Gasteiger partial charge >= 0.3 is 0 Å². The highest BCUT2D eigenvalue weighted by Gasteiger charge is 2.65. The zero-order valence-corrected chi connectivity index (χ0v) is 8.45. The van der Waals surface area contributed by atoms with E-state index in [1.54, 1.807) is 0 Å². The zero-order chi connectivity index (χ0) is 9.85. The first-order valence-corrected chi connectivity index (χ1v) is 4.99. The van der Waals surface area contributed by atoms with Crippen molar-refractivity contribution in [2.24, 2.45) is 5.92 Å². The first-order chi connectivity index (χ1) is 5.92. The van der Waals surface area contributed by atoms with Crippen molar-refractivity contribution >= 4 is 0 Å². The Balaban J connectivity index is 2.34. The molecule has 2 aliphatic rings. The summed E-state index contributed by atoms with van der Waals surface area (Å²) >= 11 is 0. The van der Waals surface area contributed by atoms with Gasteiger partial charge in [0.25, 0.3) is 0 Å². The fourth-order valence-electron chi connectivity index (χ4n) is 2.75. The Kier molecular flexibility index (Phi) is 1.79. The van der Waals surface area contributed by atoms with Crippen LogP contribution in [-0.4, -0.2) is 33.6 Å². The fourth-order valence-corrected chi connectivity index (χ4v) is 2.75. The molecule has 2 fully saturated rings. The van der Waals surface area contributed by atoms with Gasteiger partial charge in [-0.05, 0) is 25.7 Å². The van der Waals surface area contributed by atoms with Gasteiger partial charge in [-0.2, -0.15) is 0 Å². The minimum atomic E-state index is -0.719. The van der Waals surface area contributed by atoms with E-state index in [1.807, 2.05) is 20.8 Å². The van der Waals surface area contributed by atoms with Crippen molar-refractivity contribution in [3.05, 3.63) is 0 Å². The van der Waals surface area contributed by atoms with Crippen molar-refractivity contribution in [1.29, 1.82) is 0 Å². The van der Waals surface area contributed by atoms with Gasteiger partial charge in [-0.25, -0.2) is 0 Å². The number of aliphatic hydroxyl groups excluding tert-OH is 2. The Morgan fingerprint density at radius 2 is 1.85 bits per heavy atom. The highest BCUT2D eigenvalue weighted by atomic mass is 16.6. The van der Waals surface area contributed by atoms with Crippen molar-refractivity contribution in [2.75, 3.05) is 0 Å². The predicted molar refractivity (Wildman–Crippen MR) is 48.3 cm³/mol. The minimum Gasteiger partial charge on any atom is -0.387 e. The van der Waals surface area contributed by atoms with Crippen molar-refractivity contribution in [2.45, 2.75) is 57.0 Å². The summed E-state index contributed by atoms with van der Waals surface area (Å²) in [5.41, 5.74) is -1.00. The lowest BCUT2D eigenvalue weighted by Gasteiger charge is -2.34. The Hall–Kier alpha value is -0.120. The van der Waals surface area contributed by atoms with E-state index in [0.717, 1.165) is 12.8 Å². The highest BCUT2D eigenvalue weighted by Crippen LogP contribution is 2.53. The monoisotopic (exact) mass is 186 g/mol. The maximum atomic E-state index is 9.90. The molecule has 2 heterocycles. The van der Waals surface area contributed by atoms with Crippen LogP contribution in [0.25, 0.3) is 0 Å². The molecule has 4 unspecified atom stereocenters. The normalized spacial score (nSPS) is 54.9. The van der Waals surface area contributed by atoms with Crippen molar-refractivity contribution < 1.29 is 14.9 Å². The summed E-state index contributed by atoms with van der Waals surface area (Å²) in [6.07, 6.45) is 0.276. The Morgan fingerprint density at radius 3 is 2.15 bits per heavy atom. The molecule has 2 N–H and O–H groups in total. The molecule has 0 aromatic carbocycles. The van der Waals surface area contributed by atoms with Crippen molar-refractivity contribution in [3.63, 3.8) is 0 Å². The molecule has 0 radical (unpaired) electrons. The maximum Gasteiger partial charge on any atom is 0.112 e. The zero-order valence-electron chi connectivity index (χ0n) is 8.45. The smallest absolute Gasteiger partial charge is 0.112 e. The first-order valence-electron chi connectivity index (χ1n) is 4.99. The van der Waals surface area contributed by atoms with Gasteiger partial charge in [0.1, 0.15) is 12.2 Å². The summed E-state index contributed by atoms with van der Waals surface area (Å²) in [4.78, 5) is 0. The second-order valence-electron chi connectivity index (χ2n) is 4.91. The molecule has 3 heteroatoms. The van der Waals surface area contributed by atoms with Crippen LogP contribution >= 0.6 is 0 Å². The van der Waals surface area contributed by atoms with Gasteiger partial charge in [-0.3, -0.25) is 0 Å². The molecule has 3 nitrogen and oxygen atoms in total. The predicted octanol–water partition coefficient (Wildman–Crippen LogP) is 0.686. The average molecular weight is 186 g/mol. The number of fused-ring (bicyclic) bond motifs is 2. The van der Waals surface area contributed by atoms with E-state index >= 15 is 0 Å². The van der Waals surface area contributed by atoms with Crippen molar-refractivity contribution in [1.82, 2.24) is 0 Å². The maximum absolute atomic E-state index is 9.90. The summed E-state index contributed by atoms with van der Waals surface area (Å²) in [6, 6.07) is 0. The summed E-state index contributed by atoms with van der Waals surface area (Å²) in [5, 5.41) is 19.7. The molecular formula is C10H18O3. The van der Waals surface area contributed by atoms with Crippen LogP contribution in [0.3, 0.4) is 0 Å². The van der Waals surface area contributed by atoms with E-state index in [2.05, 4.69) is 0 Å². The van der Waals surface area contributed by atoms with Crippen molar-refractivity contribution in [3.8, 4) is 0 Å². The molecule has 76 valence electrons. The van der Waals surface area contributed by atoms with Crippen LogP contribution in [-0.2, 0) is 4.74 Å². The van der Waals surface area contributed by atoms with E-state index in [1.165, 1.54) is 0 Å². The highest BCUT2D eigenvalue weighted by molar-refractivity contribution is 5.14. The molecule has 13 heavy (non-hydrogen) atoms. The third-order valence-electron chi connectivity index (χ3n) is 3.84. The fraction of sp³-hybridized carbons (Fsp3) is 1.00. The van der Waals surface area contributed by atoms with Crippen LogP contribution in [0.4, 0.5) is 0 Å². The van der Waals surface area contributed by atoms with Crippen LogP contribution in [0, 0.1) is 5.92 Å². The second-order valence-corrected chi connectivity index (χ2v) is 4.91. The van der Waals surface area contributed by atoms with Gasteiger partial charge in [-0.1, -0.05) is 13.8 Å². The molecule has 0 spiro atoms. The van der Waals surface area contributed by atoms with Gasteiger partial charge < -0.3 is 14.9 Å². The van der Waals surface area contributed by atoms with Gasteiger partial charge in [0.15, 0.2) is 0 Å². The van der Waals surface area contributed by atoms with Gasteiger partial charge in [0.05, 0.1) is 11.2 Å².